The van der Waals surface area contributed by atoms with E-state index in [2.05, 4.69) is 15.4 Å². The Labute approximate surface area is 129 Å². The summed E-state index contributed by atoms with van der Waals surface area (Å²) in [5, 5.41) is 5.96. The highest BCUT2D eigenvalue weighted by Gasteiger charge is 2.22. The third-order valence-corrected chi connectivity index (χ3v) is 4.00. The molecule has 2 N–H and O–H groups in total. The van der Waals surface area contributed by atoms with E-state index in [4.69, 9.17) is 0 Å². The van der Waals surface area contributed by atoms with Crippen molar-refractivity contribution in [1.29, 1.82) is 0 Å². The number of hydrogen-bond acceptors (Lipinski definition) is 3. The highest BCUT2D eigenvalue weighted by Crippen LogP contribution is 2.13. The van der Waals surface area contributed by atoms with Crippen LogP contribution in [0.3, 0.4) is 0 Å². The van der Waals surface area contributed by atoms with Crippen LogP contribution in [-0.4, -0.2) is 26.2 Å². The quantitative estimate of drug-likeness (QED) is 0.854. The third-order valence-electron chi connectivity index (χ3n) is 4.00. The number of carbonyl (C=O) groups excluding carboxylic acids is 1. The van der Waals surface area contributed by atoms with Gasteiger partial charge in [-0.1, -0.05) is 19.9 Å². The van der Waals surface area contributed by atoms with Crippen molar-refractivity contribution >= 4 is 5.91 Å². The minimum atomic E-state index is -0.227. The van der Waals surface area contributed by atoms with E-state index in [1.165, 1.54) is 10.7 Å². The molecule has 6 nitrogen and oxygen atoms in total. The Morgan fingerprint density at radius 1 is 1.36 bits per heavy atom. The maximum Gasteiger partial charge on any atom is 0.272 e. The second-order valence-corrected chi connectivity index (χ2v) is 5.64. The maximum absolute atomic E-state index is 12.1. The molecule has 2 aromatic heterocycles. The van der Waals surface area contributed by atoms with E-state index >= 15 is 0 Å². The molecule has 0 spiro atoms. The molecule has 0 unspecified atom stereocenters. The maximum atomic E-state index is 12.1. The fraction of sp³-hybridized carbons (Fsp3) is 0.438. The molecule has 0 saturated carbocycles. The molecule has 0 aliphatic heterocycles. The van der Waals surface area contributed by atoms with Gasteiger partial charge in [0.05, 0.1) is 6.42 Å². The smallest absolute Gasteiger partial charge is 0.272 e. The summed E-state index contributed by atoms with van der Waals surface area (Å²) in [6.07, 6.45) is 3.48. The van der Waals surface area contributed by atoms with Gasteiger partial charge >= 0.3 is 0 Å². The van der Waals surface area contributed by atoms with Crippen molar-refractivity contribution in [3.8, 4) is 5.82 Å². The summed E-state index contributed by atoms with van der Waals surface area (Å²) in [4.78, 5) is 28.2. The minimum Gasteiger partial charge on any atom is -0.351 e. The van der Waals surface area contributed by atoms with Gasteiger partial charge in [-0.25, -0.2) is 9.67 Å². The molecule has 118 valence electrons. The lowest BCUT2D eigenvalue weighted by Gasteiger charge is -2.28. The standard InChI is InChI=1S/C16H22N4O2/c1-4-16(3,5-2)18-14(21)10-12-11-15(22)20(19-12)13-8-6-7-9-17-13/h6-9,11,19H,4-5,10H2,1-3H3,(H,18,21). The minimum absolute atomic E-state index is 0.0966. The summed E-state index contributed by atoms with van der Waals surface area (Å²) in [6.45, 7) is 6.11. The molecule has 0 atom stereocenters. The van der Waals surface area contributed by atoms with Crippen molar-refractivity contribution in [1.82, 2.24) is 20.1 Å². The van der Waals surface area contributed by atoms with Gasteiger partial charge in [-0.2, -0.15) is 0 Å². The van der Waals surface area contributed by atoms with Crippen molar-refractivity contribution in [2.24, 2.45) is 0 Å². The molecule has 0 saturated heterocycles. The van der Waals surface area contributed by atoms with Gasteiger partial charge < -0.3 is 5.32 Å². The van der Waals surface area contributed by atoms with Gasteiger partial charge in [0.1, 0.15) is 0 Å². The Balaban J connectivity index is 2.12. The number of nitrogens with zero attached hydrogens (tertiary/aromatic N) is 2. The molecular formula is C16H22N4O2. The fourth-order valence-corrected chi connectivity index (χ4v) is 2.17. The molecule has 2 aromatic rings. The van der Waals surface area contributed by atoms with E-state index in [1.807, 2.05) is 20.8 Å². The normalized spacial score (nSPS) is 11.4. The summed E-state index contributed by atoms with van der Waals surface area (Å²) in [6, 6.07) is 6.74. The second-order valence-electron chi connectivity index (χ2n) is 5.64. The molecule has 0 bridgehead atoms. The first kappa shape index (κ1) is 16.0. The molecule has 0 aliphatic carbocycles. The zero-order valence-electron chi connectivity index (χ0n) is 13.2. The molecule has 1 amide bonds. The monoisotopic (exact) mass is 302 g/mol. The van der Waals surface area contributed by atoms with E-state index in [0.29, 0.717) is 11.5 Å². The molecule has 0 radical (unpaired) electrons. The van der Waals surface area contributed by atoms with Gasteiger partial charge in [0.25, 0.3) is 5.56 Å². The fourth-order valence-electron chi connectivity index (χ4n) is 2.17. The molecule has 0 aliphatic rings. The van der Waals surface area contributed by atoms with E-state index in [-0.39, 0.29) is 23.4 Å². The number of hydrogen-bond donors (Lipinski definition) is 2. The van der Waals surface area contributed by atoms with Crippen LogP contribution >= 0.6 is 0 Å². The number of aromatic amines is 1. The number of H-pyrrole nitrogens is 1. The lowest BCUT2D eigenvalue weighted by Crippen LogP contribution is -2.45. The molecule has 0 aromatic carbocycles. The first-order valence-electron chi connectivity index (χ1n) is 7.51. The molecule has 2 rings (SSSR count). The van der Waals surface area contributed by atoms with Crippen molar-refractivity contribution in [3.63, 3.8) is 0 Å². The predicted molar refractivity (Wildman–Crippen MR) is 85.0 cm³/mol. The van der Waals surface area contributed by atoms with Gasteiger partial charge in [0.2, 0.25) is 5.91 Å². The molecular weight excluding hydrogens is 280 g/mol. The Morgan fingerprint density at radius 3 is 2.68 bits per heavy atom. The third kappa shape index (κ3) is 3.63. The van der Waals surface area contributed by atoms with Gasteiger partial charge in [0.15, 0.2) is 5.82 Å². The zero-order chi connectivity index (χ0) is 16.2. The van der Waals surface area contributed by atoms with Crippen LogP contribution in [0.5, 0.6) is 0 Å². The largest absolute Gasteiger partial charge is 0.351 e. The second kappa shape index (κ2) is 6.60. The topological polar surface area (TPSA) is 79.8 Å². The summed E-state index contributed by atoms with van der Waals surface area (Å²) >= 11 is 0. The van der Waals surface area contributed by atoms with Gasteiger partial charge in [-0.05, 0) is 31.9 Å². The van der Waals surface area contributed by atoms with Crippen LogP contribution in [0.1, 0.15) is 39.3 Å². The summed E-state index contributed by atoms with van der Waals surface area (Å²) < 4.78 is 1.33. The van der Waals surface area contributed by atoms with Crippen molar-refractivity contribution < 1.29 is 4.79 Å². The lowest BCUT2D eigenvalue weighted by atomic mass is 9.95. The van der Waals surface area contributed by atoms with Crippen LogP contribution in [0.15, 0.2) is 35.3 Å². The number of rotatable bonds is 6. The van der Waals surface area contributed by atoms with Crippen molar-refractivity contribution in [3.05, 3.63) is 46.5 Å². The Kier molecular flexibility index (Phi) is 4.80. The predicted octanol–water partition coefficient (Wildman–Crippen LogP) is 1.80. The molecule has 2 heterocycles. The summed E-state index contributed by atoms with van der Waals surface area (Å²) in [7, 11) is 0. The number of pyridine rings is 1. The van der Waals surface area contributed by atoms with Crippen molar-refractivity contribution in [2.45, 2.75) is 45.6 Å². The zero-order valence-corrected chi connectivity index (χ0v) is 13.2. The van der Waals surface area contributed by atoms with Crippen LogP contribution in [0.4, 0.5) is 0 Å². The first-order chi connectivity index (χ1) is 10.5. The molecule has 6 heteroatoms. The summed E-state index contributed by atoms with van der Waals surface area (Å²) in [5.41, 5.74) is 0.138. The number of aromatic nitrogens is 3. The number of carbonyl (C=O) groups is 1. The van der Waals surface area contributed by atoms with Gasteiger partial charge in [-0.15, -0.1) is 0 Å². The number of amides is 1. The van der Waals surface area contributed by atoms with Crippen LogP contribution in [0, 0.1) is 0 Å². The lowest BCUT2D eigenvalue weighted by molar-refractivity contribution is -0.122. The van der Waals surface area contributed by atoms with E-state index in [9.17, 15) is 9.59 Å². The molecule has 0 fully saturated rings. The average molecular weight is 302 g/mol. The highest BCUT2D eigenvalue weighted by molar-refractivity contribution is 5.78. The average Bonchev–Trinajstić information content (AvgIpc) is 2.88. The first-order valence-corrected chi connectivity index (χ1v) is 7.51. The Hall–Kier alpha value is -2.37. The van der Waals surface area contributed by atoms with Crippen LogP contribution in [0.2, 0.25) is 0 Å². The van der Waals surface area contributed by atoms with Gasteiger partial charge in [-0.3, -0.25) is 14.7 Å². The molecule has 22 heavy (non-hydrogen) atoms. The SMILES string of the molecule is CCC(C)(CC)NC(=O)Cc1cc(=O)n(-c2ccccn2)[nH]1. The Bertz CT molecular complexity index is 684. The highest BCUT2D eigenvalue weighted by atomic mass is 16.2. The number of nitrogens with one attached hydrogen (secondary N) is 2. The van der Waals surface area contributed by atoms with E-state index in [1.54, 1.807) is 24.4 Å². The van der Waals surface area contributed by atoms with E-state index < -0.39 is 0 Å². The van der Waals surface area contributed by atoms with Gasteiger partial charge in [0, 0.05) is 23.5 Å². The van der Waals surface area contributed by atoms with Crippen LogP contribution in [0.25, 0.3) is 5.82 Å². The summed E-state index contributed by atoms with van der Waals surface area (Å²) in [5.74, 6) is 0.409. The van der Waals surface area contributed by atoms with Crippen molar-refractivity contribution in [2.75, 3.05) is 0 Å². The van der Waals surface area contributed by atoms with Crippen LogP contribution < -0.4 is 10.9 Å². The van der Waals surface area contributed by atoms with Crippen LogP contribution in [-0.2, 0) is 11.2 Å². The Morgan fingerprint density at radius 2 is 2.09 bits per heavy atom. The van der Waals surface area contributed by atoms with E-state index in [0.717, 1.165) is 12.8 Å².